The van der Waals surface area contributed by atoms with Gasteiger partial charge in [0.15, 0.2) is 18.9 Å². The molecule has 0 saturated heterocycles. The molecule has 1 heterocycles. The van der Waals surface area contributed by atoms with Gasteiger partial charge in [0.2, 0.25) is 0 Å². The minimum atomic E-state index is -0.546. The van der Waals surface area contributed by atoms with E-state index in [9.17, 15) is 5.11 Å². The number of benzene rings is 1. The molecule has 18 heavy (non-hydrogen) atoms. The third-order valence-corrected chi connectivity index (χ3v) is 2.52. The van der Waals surface area contributed by atoms with Crippen molar-refractivity contribution in [2.75, 3.05) is 12.3 Å². The molecule has 0 unspecified atom stereocenters. The molecule has 1 atom stereocenters. The summed E-state index contributed by atoms with van der Waals surface area (Å²) in [5.74, 6) is 0.710. The second kappa shape index (κ2) is 6.02. The second-order valence-corrected chi connectivity index (χ2v) is 4.11. The Morgan fingerprint density at radius 1 is 1.11 bits per heavy atom. The number of aromatic nitrogens is 1. The molecule has 0 aliphatic carbocycles. The zero-order valence-electron chi connectivity index (χ0n) is 10.1. The molecule has 0 aliphatic heterocycles. The second-order valence-electron chi connectivity index (χ2n) is 4.11. The lowest BCUT2D eigenvalue weighted by Gasteiger charge is -2.10. The average Bonchev–Trinajstić information content (AvgIpc) is 2.39. The maximum absolute atomic E-state index is 9.85. The van der Waals surface area contributed by atoms with Crippen LogP contribution in [0.2, 0.25) is 0 Å². The molecule has 0 aliphatic rings. The predicted octanol–water partition coefficient (Wildman–Crippen LogP) is 0.996. The fourth-order valence-electron chi connectivity index (χ4n) is 1.61. The summed E-state index contributed by atoms with van der Waals surface area (Å²) in [4.78, 5) is 0. The number of nitrogens with two attached hydrogens (primary N) is 1. The number of nitrogens with zero attached hydrogens (tertiary/aromatic N) is 1. The third kappa shape index (κ3) is 3.75. The maximum atomic E-state index is 9.85. The van der Waals surface area contributed by atoms with E-state index in [1.807, 2.05) is 35.2 Å². The Morgan fingerprint density at radius 3 is 2.44 bits per heavy atom. The summed E-state index contributed by atoms with van der Waals surface area (Å²) in [6.07, 6.45) is 3.27. The third-order valence-electron chi connectivity index (χ3n) is 2.52. The first kappa shape index (κ1) is 12.4. The van der Waals surface area contributed by atoms with Crippen LogP contribution in [0.25, 0.3) is 0 Å². The lowest BCUT2D eigenvalue weighted by molar-refractivity contribution is -0.703. The van der Waals surface area contributed by atoms with E-state index in [1.54, 1.807) is 24.3 Å². The summed E-state index contributed by atoms with van der Waals surface area (Å²) in [7, 11) is 0. The Balaban J connectivity index is 1.81. The molecule has 1 aromatic heterocycles. The number of aliphatic hydroxyl groups is 1. The van der Waals surface area contributed by atoms with Crippen LogP contribution in [-0.4, -0.2) is 17.8 Å². The van der Waals surface area contributed by atoms with Gasteiger partial charge in [0.1, 0.15) is 18.5 Å². The van der Waals surface area contributed by atoms with Crippen LogP contribution in [-0.2, 0) is 6.54 Å². The van der Waals surface area contributed by atoms with Gasteiger partial charge < -0.3 is 15.6 Å². The molecule has 4 heteroatoms. The molecule has 1 aromatic carbocycles. The Bertz CT molecular complexity index is 471. The lowest BCUT2D eigenvalue weighted by atomic mass is 10.3. The fourth-order valence-corrected chi connectivity index (χ4v) is 1.61. The summed E-state index contributed by atoms with van der Waals surface area (Å²) in [5.41, 5.74) is 6.27. The molecule has 2 rings (SSSR count). The fraction of sp³-hybridized carbons (Fsp3) is 0.214. The zero-order chi connectivity index (χ0) is 12.8. The maximum Gasteiger partial charge on any atom is 0.177 e. The molecule has 0 fully saturated rings. The number of pyridine rings is 1. The average molecular weight is 245 g/mol. The van der Waals surface area contributed by atoms with Crippen LogP contribution in [0.1, 0.15) is 0 Å². The van der Waals surface area contributed by atoms with Crippen molar-refractivity contribution in [1.29, 1.82) is 0 Å². The monoisotopic (exact) mass is 245 g/mol. The van der Waals surface area contributed by atoms with E-state index in [4.69, 9.17) is 10.5 Å². The van der Waals surface area contributed by atoms with Gasteiger partial charge >= 0.3 is 0 Å². The summed E-state index contributed by atoms with van der Waals surface area (Å²) < 4.78 is 7.39. The number of hydrogen-bond acceptors (Lipinski definition) is 3. The van der Waals surface area contributed by atoms with Crippen molar-refractivity contribution in [2.24, 2.45) is 0 Å². The van der Waals surface area contributed by atoms with Crippen LogP contribution < -0.4 is 15.0 Å². The van der Waals surface area contributed by atoms with Crippen LogP contribution in [0, 0.1) is 0 Å². The molecule has 0 radical (unpaired) electrons. The van der Waals surface area contributed by atoms with Gasteiger partial charge in [-0.2, -0.15) is 0 Å². The molecule has 0 saturated carbocycles. The molecule has 0 spiro atoms. The smallest absolute Gasteiger partial charge is 0.177 e. The Kier molecular flexibility index (Phi) is 4.15. The van der Waals surface area contributed by atoms with Crippen LogP contribution in [0.15, 0.2) is 54.9 Å². The highest BCUT2D eigenvalue weighted by Gasteiger charge is 2.11. The first-order chi connectivity index (χ1) is 8.74. The normalized spacial score (nSPS) is 12.1. The van der Waals surface area contributed by atoms with E-state index in [-0.39, 0.29) is 6.61 Å². The highest BCUT2D eigenvalue weighted by atomic mass is 16.5. The van der Waals surface area contributed by atoms with Crippen molar-refractivity contribution in [3.8, 4) is 5.75 Å². The van der Waals surface area contributed by atoms with Crippen molar-refractivity contribution < 1.29 is 14.4 Å². The summed E-state index contributed by atoms with van der Waals surface area (Å²) in [6, 6.07) is 12.9. The first-order valence-electron chi connectivity index (χ1n) is 5.84. The quantitative estimate of drug-likeness (QED) is 0.610. The number of hydrogen-bond donors (Lipinski definition) is 2. The molecule has 2 aromatic rings. The van der Waals surface area contributed by atoms with E-state index in [0.717, 1.165) is 0 Å². The zero-order valence-corrected chi connectivity index (χ0v) is 10.1. The van der Waals surface area contributed by atoms with Crippen molar-refractivity contribution in [2.45, 2.75) is 12.6 Å². The van der Waals surface area contributed by atoms with Crippen molar-refractivity contribution >= 4 is 5.69 Å². The van der Waals surface area contributed by atoms with Gasteiger partial charge in [-0.15, -0.1) is 0 Å². The van der Waals surface area contributed by atoms with Gasteiger partial charge in [-0.1, -0.05) is 6.07 Å². The summed E-state index contributed by atoms with van der Waals surface area (Å²) >= 11 is 0. The molecule has 3 N–H and O–H groups in total. The van der Waals surface area contributed by atoms with Crippen molar-refractivity contribution in [3.63, 3.8) is 0 Å². The number of nitrogen functional groups attached to an aromatic ring is 1. The van der Waals surface area contributed by atoms with Gasteiger partial charge in [0, 0.05) is 17.8 Å². The molecule has 0 amide bonds. The minimum absolute atomic E-state index is 0.256. The van der Waals surface area contributed by atoms with Crippen LogP contribution in [0.5, 0.6) is 5.75 Å². The molecular formula is C14H17N2O2+. The summed E-state index contributed by atoms with van der Waals surface area (Å²) in [5, 5.41) is 9.85. The SMILES string of the molecule is Nc1ccc(OC[C@H](O)C[n+]2ccccc2)cc1. The van der Waals surface area contributed by atoms with E-state index < -0.39 is 6.10 Å². The van der Waals surface area contributed by atoms with E-state index in [0.29, 0.717) is 18.0 Å². The van der Waals surface area contributed by atoms with Crippen LogP contribution >= 0.6 is 0 Å². The van der Waals surface area contributed by atoms with Crippen molar-refractivity contribution in [1.82, 2.24) is 0 Å². The summed E-state index contributed by atoms with van der Waals surface area (Å²) in [6.45, 7) is 0.766. The van der Waals surface area contributed by atoms with Gasteiger partial charge in [-0.3, -0.25) is 0 Å². The molecule has 94 valence electrons. The number of rotatable bonds is 5. The van der Waals surface area contributed by atoms with Gasteiger partial charge in [-0.05, 0) is 24.3 Å². The molecule has 0 bridgehead atoms. The standard InChI is InChI=1S/C14H17N2O2/c15-12-4-6-14(7-5-12)18-11-13(17)10-16-8-2-1-3-9-16/h1-9,13,17H,10-11,15H2/q+1/t13-/m1/s1. The van der Waals surface area contributed by atoms with Crippen LogP contribution in [0.4, 0.5) is 5.69 Å². The Morgan fingerprint density at radius 2 is 1.78 bits per heavy atom. The van der Waals surface area contributed by atoms with Crippen LogP contribution in [0.3, 0.4) is 0 Å². The Hall–Kier alpha value is -2.07. The number of aliphatic hydroxyl groups excluding tert-OH is 1. The minimum Gasteiger partial charge on any atom is -0.491 e. The highest BCUT2D eigenvalue weighted by molar-refractivity contribution is 5.41. The molecular weight excluding hydrogens is 228 g/mol. The van der Waals surface area contributed by atoms with Crippen molar-refractivity contribution in [3.05, 3.63) is 54.9 Å². The largest absolute Gasteiger partial charge is 0.491 e. The number of anilines is 1. The highest BCUT2D eigenvalue weighted by Crippen LogP contribution is 2.13. The van der Waals surface area contributed by atoms with Gasteiger partial charge in [0.25, 0.3) is 0 Å². The predicted molar refractivity (Wildman–Crippen MR) is 69.0 cm³/mol. The number of ether oxygens (including phenoxy) is 1. The van der Waals surface area contributed by atoms with E-state index in [2.05, 4.69) is 0 Å². The Labute approximate surface area is 106 Å². The lowest BCUT2D eigenvalue weighted by Crippen LogP contribution is -2.41. The first-order valence-corrected chi connectivity index (χ1v) is 5.84. The van der Waals surface area contributed by atoms with E-state index in [1.165, 1.54) is 0 Å². The molecule has 4 nitrogen and oxygen atoms in total. The van der Waals surface area contributed by atoms with Gasteiger partial charge in [-0.25, -0.2) is 4.57 Å². The van der Waals surface area contributed by atoms with Gasteiger partial charge in [0.05, 0.1) is 0 Å². The van der Waals surface area contributed by atoms with E-state index >= 15 is 0 Å². The topological polar surface area (TPSA) is 59.4 Å².